The number of rotatable bonds is 1. The average molecular weight is 288 g/mol. The van der Waals surface area contributed by atoms with Crippen LogP contribution in [0.1, 0.15) is 15.9 Å². The molecule has 2 nitrogen and oxygen atoms in total. The molecular weight excluding hydrogens is 278 g/mol. The maximum absolute atomic E-state index is 12.3. The largest absolute Gasteiger partial charge is 0.286 e. The van der Waals surface area contributed by atoms with E-state index < -0.39 is 0 Å². The summed E-state index contributed by atoms with van der Waals surface area (Å²) in [6.07, 6.45) is 0. The van der Waals surface area contributed by atoms with Crippen molar-refractivity contribution in [2.24, 2.45) is 4.99 Å². The Hall–Kier alpha value is -1.58. The van der Waals surface area contributed by atoms with Gasteiger partial charge in [0.1, 0.15) is 5.04 Å². The van der Waals surface area contributed by atoms with Gasteiger partial charge >= 0.3 is 0 Å². The van der Waals surface area contributed by atoms with Crippen molar-refractivity contribution in [2.75, 3.05) is 0 Å². The lowest BCUT2D eigenvalue weighted by Gasteiger charge is -2.00. The second-order valence-electron chi connectivity index (χ2n) is 4.28. The first-order valence-electron chi connectivity index (χ1n) is 5.81. The van der Waals surface area contributed by atoms with E-state index in [0.717, 1.165) is 21.7 Å². The highest BCUT2D eigenvalue weighted by atomic mass is 35.5. The third-order valence-corrected chi connectivity index (χ3v) is 4.11. The van der Waals surface area contributed by atoms with Crippen molar-refractivity contribution >= 4 is 39.9 Å². The maximum atomic E-state index is 12.3. The minimum atomic E-state index is -0.0157. The van der Waals surface area contributed by atoms with Crippen LogP contribution in [0, 0.1) is 6.92 Å². The van der Waals surface area contributed by atoms with E-state index in [1.165, 1.54) is 11.8 Å². The van der Waals surface area contributed by atoms with Gasteiger partial charge in [-0.15, -0.1) is 0 Å². The summed E-state index contributed by atoms with van der Waals surface area (Å²) in [6, 6.07) is 13.1. The van der Waals surface area contributed by atoms with Gasteiger partial charge in [-0.25, -0.2) is 4.99 Å². The van der Waals surface area contributed by atoms with Crippen molar-refractivity contribution in [3.63, 3.8) is 0 Å². The number of aryl methyl sites for hydroxylation is 1. The Bertz CT molecular complexity index is 695. The molecule has 0 saturated heterocycles. The van der Waals surface area contributed by atoms with Gasteiger partial charge in [0, 0.05) is 15.5 Å². The number of benzene rings is 2. The van der Waals surface area contributed by atoms with Crippen LogP contribution in [-0.2, 0) is 0 Å². The zero-order chi connectivity index (χ0) is 13.4. The molecule has 0 saturated carbocycles. The van der Waals surface area contributed by atoms with E-state index in [-0.39, 0.29) is 5.78 Å². The molecule has 19 heavy (non-hydrogen) atoms. The molecule has 0 unspecified atom stereocenters. The molecule has 0 spiro atoms. The molecule has 4 heteroatoms. The number of fused-ring (bicyclic) bond motifs is 1. The van der Waals surface area contributed by atoms with Gasteiger partial charge in [-0.05, 0) is 36.8 Å². The molecule has 2 aromatic rings. The van der Waals surface area contributed by atoms with Crippen LogP contribution >= 0.6 is 23.4 Å². The second kappa shape index (κ2) is 4.83. The fraction of sp³-hybridized carbons (Fsp3) is 0.0667. The van der Waals surface area contributed by atoms with Gasteiger partial charge in [-0.2, -0.15) is 0 Å². The Labute approximate surface area is 120 Å². The van der Waals surface area contributed by atoms with Crippen LogP contribution < -0.4 is 0 Å². The van der Waals surface area contributed by atoms with Gasteiger partial charge in [-0.3, -0.25) is 4.79 Å². The number of carbonyl (C=O) groups excluding carboxylic acids is 1. The predicted molar refractivity (Wildman–Crippen MR) is 79.9 cm³/mol. The third kappa shape index (κ3) is 2.31. The summed E-state index contributed by atoms with van der Waals surface area (Å²) < 4.78 is 0. The van der Waals surface area contributed by atoms with E-state index in [0.29, 0.717) is 10.1 Å². The zero-order valence-electron chi connectivity index (χ0n) is 10.2. The Kier molecular flexibility index (Phi) is 3.17. The molecule has 0 radical (unpaired) electrons. The van der Waals surface area contributed by atoms with Crippen LogP contribution in [0.4, 0.5) is 5.69 Å². The lowest BCUT2D eigenvalue weighted by Crippen LogP contribution is -2.05. The molecule has 94 valence electrons. The quantitative estimate of drug-likeness (QED) is 0.763. The predicted octanol–water partition coefficient (Wildman–Crippen LogP) is 4.67. The number of thioether (sulfide) groups is 1. The van der Waals surface area contributed by atoms with Gasteiger partial charge in [0.05, 0.1) is 5.69 Å². The van der Waals surface area contributed by atoms with Gasteiger partial charge in [-0.1, -0.05) is 41.6 Å². The molecule has 0 N–H and O–H groups in total. The number of carbonyl (C=O) groups is 1. The van der Waals surface area contributed by atoms with E-state index in [4.69, 9.17) is 11.6 Å². The normalized spacial score (nSPS) is 15.9. The van der Waals surface area contributed by atoms with Crippen molar-refractivity contribution in [3.05, 3.63) is 58.6 Å². The summed E-state index contributed by atoms with van der Waals surface area (Å²) in [5.41, 5.74) is 2.41. The number of Topliss-reactive ketones (excluding diaryl/α,β-unsaturated/α-hetero) is 1. The molecule has 0 bridgehead atoms. The molecule has 1 aliphatic rings. The van der Waals surface area contributed by atoms with E-state index in [9.17, 15) is 4.79 Å². The number of para-hydroxylation sites is 1. The summed E-state index contributed by atoms with van der Waals surface area (Å²) in [5.74, 6) is -0.0157. The van der Waals surface area contributed by atoms with Crippen LogP contribution in [0.15, 0.2) is 52.4 Å². The second-order valence-corrected chi connectivity index (χ2v) is 5.75. The van der Waals surface area contributed by atoms with E-state index in [1.54, 1.807) is 0 Å². The van der Waals surface area contributed by atoms with Gasteiger partial charge in [0.25, 0.3) is 0 Å². The third-order valence-electron chi connectivity index (χ3n) is 2.88. The summed E-state index contributed by atoms with van der Waals surface area (Å²) >= 11 is 7.40. The molecule has 0 fully saturated rings. The zero-order valence-corrected chi connectivity index (χ0v) is 11.8. The lowest BCUT2D eigenvalue weighted by atomic mass is 10.1. The highest BCUT2D eigenvalue weighted by Crippen LogP contribution is 2.38. The molecule has 0 aliphatic carbocycles. The highest BCUT2D eigenvalue weighted by molar-refractivity contribution is 8.16. The number of hydrogen-bond donors (Lipinski definition) is 0. The van der Waals surface area contributed by atoms with Crippen LogP contribution in [0.25, 0.3) is 0 Å². The van der Waals surface area contributed by atoms with Crippen molar-refractivity contribution in [1.29, 1.82) is 0 Å². The molecule has 2 aromatic carbocycles. The number of aliphatic imine (C=N–C) groups is 1. The molecule has 0 atom stereocenters. The van der Waals surface area contributed by atoms with Crippen molar-refractivity contribution in [3.8, 4) is 0 Å². The number of nitrogens with zero attached hydrogens (tertiary/aromatic N) is 1. The van der Waals surface area contributed by atoms with Crippen LogP contribution in [0.3, 0.4) is 0 Å². The number of hydrogen-bond acceptors (Lipinski definition) is 3. The van der Waals surface area contributed by atoms with E-state index >= 15 is 0 Å². The van der Waals surface area contributed by atoms with Crippen LogP contribution in [0.5, 0.6) is 0 Å². The minimum Gasteiger partial charge on any atom is -0.286 e. The standard InChI is InChI=1S/C15H10ClNOS/c1-9-7-10(16)8-12-13(9)14(18)15(19-12)17-11-5-3-2-4-6-11/h2-8H,1H3. The molecule has 0 aromatic heterocycles. The monoisotopic (exact) mass is 287 g/mol. The molecule has 0 amide bonds. The fourth-order valence-electron chi connectivity index (χ4n) is 2.03. The lowest BCUT2D eigenvalue weighted by molar-refractivity contribution is 0.106. The first kappa shape index (κ1) is 12.5. The van der Waals surface area contributed by atoms with Gasteiger partial charge in [0.15, 0.2) is 0 Å². The molecule has 3 rings (SSSR count). The van der Waals surface area contributed by atoms with Crippen molar-refractivity contribution < 1.29 is 4.79 Å². The Balaban J connectivity index is 2.05. The number of halogens is 1. The topological polar surface area (TPSA) is 29.4 Å². The summed E-state index contributed by atoms with van der Waals surface area (Å²) in [7, 11) is 0. The Morgan fingerprint density at radius 2 is 1.89 bits per heavy atom. The van der Waals surface area contributed by atoms with Crippen molar-refractivity contribution in [1.82, 2.24) is 0 Å². The summed E-state index contributed by atoms with van der Waals surface area (Å²) in [6.45, 7) is 1.90. The number of ketones is 1. The Morgan fingerprint density at radius 3 is 2.63 bits per heavy atom. The van der Waals surface area contributed by atoms with Crippen molar-refractivity contribution in [2.45, 2.75) is 11.8 Å². The first-order valence-corrected chi connectivity index (χ1v) is 7.01. The van der Waals surface area contributed by atoms with E-state index in [2.05, 4.69) is 4.99 Å². The Morgan fingerprint density at radius 1 is 1.16 bits per heavy atom. The highest BCUT2D eigenvalue weighted by Gasteiger charge is 2.29. The maximum Gasteiger partial charge on any atom is 0.219 e. The first-order chi connectivity index (χ1) is 9.15. The van der Waals surface area contributed by atoms with Crippen LogP contribution in [-0.4, -0.2) is 10.8 Å². The smallest absolute Gasteiger partial charge is 0.219 e. The van der Waals surface area contributed by atoms with Gasteiger partial charge < -0.3 is 0 Å². The minimum absolute atomic E-state index is 0.0157. The van der Waals surface area contributed by atoms with E-state index in [1.807, 2.05) is 49.4 Å². The molecule has 1 aliphatic heterocycles. The average Bonchev–Trinajstić information content (AvgIpc) is 2.67. The molecular formula is C15H10ClNOS. The molecule has 1 heterocycles. The SMILES string of the molecule is Cc1cc(Cl)cc2c1C(=O)C(=Nc1ccccc1)S2. The fourth-order valence-corrected chi connectivity index (χ4v) is 3.47. The summed E-state index contributed by atoms with van der Waals surface area (Å²) in [5, 5.41) is 1.16. The van der Waals surface area contributed by atoms with Crippen LogP contribution in [0.2, 0.25) is 5.02 Å². The van der Waals surface area contributed by atoms with Gasteiger partial charge in [0.2, 0.25) is 5.78 Å². The summed E-state index contributed by atoms with van der Waals surface area (Å²) in [4.78, 5) is 17.6.